The van der Waals surface area contributed by atoms with Crippen molar-refractivity contribution in [1.29, 1.82) is 0 Å². The van der Waals surface area contributed by atoms with Crippen molar-refractivity contribution in [2.45, 2.75) is 6.42 Å². The molecule has 1 saturated heterocycles. The Morgan fingerprint density at radius 3 is 2.53 bits per heavy atom. The summed E-state index contributed by atoms with van der Waals surface area (Å²) in [5.74, 6) is 0. The van der Waals surface area contributed by atoms with Gasteiger partial charge in [0.1, 0.15) is 0 Å². The van der Waals surface area contributed by atoms with Gasteiger partial charge in [0, 0.05) is 44.1 Å². The Labute approximate surface area is 115 Å². The average molecular weight is 276 g/mol. The van der Waals surface area contributed by atoms with Gasteiger partial charge in [0.05, 0.1) is 0 Å². The van der Waals surface area contributed by atoms with Crippen molar-refractivity contribution < 1.29 is 0 Å². The number of rotatable bonds is 1. The quantitative estimate of drug-likeness (QED) is 0.820. The molecule has 2 heterocycles. The summed E-state index contributed by atoms with van der Waals surface area (Å²) in [6.07, 6.45) is 1.18. The molecule has 0 radical (unpaired) electrons. The smallest absolute Gasteiger partial charge is 0.0375 e. The van der Waals surface area contributed by atoms with Crippen molar-refractivity contribution in [3.8, 4) is 0 Å². The number of benzene rings is 1. The van der Waals surface area contributed by atoms with Crippen LogP contribution in [0.25, 0.3) is 0 Å². The van der Waals surface area contributed by atoms with E-state index >= 15 is 0 Å². The third-order valence-electron chi connectivity index (χ3n) is 3.28. The Hall–Kier alpha value is -0.640. The molecule has 1 aromatic carbocycles. The third-order valence-corrected chi connectivity index (χ3v) is 3.28. The molecular formula is C12H19Cl2N3. The second kappa shape index (κ2) is 6.34. The number of hydrogen-bond acceptors (Lipinski definition) is 3. The van der Waals surface area contributed by atoms with Crippen molar-refractivity contribution in [3.05, 3.63) is 23.8 Å². The fourth-order valence-corrected chi connectivity index (χ4v) is 2.41. The maximum atomic E-state index is 3.40. The second-order valence-electron chi connectivity index (χ2n) is 4.26. The Morgan fingerprint density at radius 2 is 1.76 bits per heavy atom. The summed E-state index contributed by atoms with van der Waals surface area (Å²) in [6, 6.07) is 6.81. The zero-order chi connectivity index (χ0) is 10.1. The lowest BCUT2D eigenvalue weighted by Gasteiger charge is -2.29. The van der Waals surface area contributed by atoms with Gasteiger partial charge < -0.3 is 15.5 Å². The molecule has 0 atom stereocenters. The summed E-state index contributed by atoms with van der Waals surface area (Å²) < 4.78 is 0. The van der Waals surface area contributed by atoms with E-state index < -0.39 is 0 Å². The maximum absolute atomic E-state index is 3.40. The zero-order valence-corrected chi connectivity index (χ0v) is 11.4. The number of anilines is 2. The average Bonchev–Trinajstić information content (AvgIpc) is 2.77. The minimum Gasteiger partial charge on any atom is -0.384 e. The van der Waals surface area contributed by atoms with E-state index in [-0.39, 0.29) is 24.8 Å². The van der Waals surface area contributed by atoms with E-state index in [2.05, 4.69) is 33.7 Å². The van der Waals surface area contributed by atoms with Gasteiger partial charge in [-0.05, 0) is 30.2 Å². The van der Waals surface area contributed by atoms with Crippen molar-refractivity contribution in [3.63, 3.8) is 0 Å². The van der Waals surface area contributed by atoms with Gasteiger partial charge in [-0.15, -0.1) is 24.8 Å². The highest BCUT2D eigenvalue weighted by Gasteiger charge is 2.14. The Morgan fingerprint density at radius 1 is 1.00 bits per heavy atom. The molecule has 3 rings (SSSR count). The topological polar surface area (TPSA) is 27.3 Å². The summed E-state index contributed by atoms with van der Waals surface area (Å²) in [4.78, 5) is 2.47. The predicted molar refractivity (Wildman–Crippen MR) is 78.2 cm³/mol. The number of nitrogens with one attached hydrogen (secondary N) is 2. The fourth-order valence-electron chi connectivity index (χ4n) is 2.41. The number of halogens is 2. The first kappa shape index (κ1) is 14.4. The van der Waals surface area contributed by atoms with Gasteiger partial charge in [-0.2, -0.15) is 0 Å². The van der Waals surface area contributed by atoms with Crippen LogP contribution in [0, 0.1) is 0 Å². The molecule has 96 valence electrons. The van der Waals surface area contributed by atoms with Gasteiger partial charge >= 0.3 is 0 Å². The van der Waals surface area contributed by atoms with E-state index in [4.69, 9.17) is 0 Å². The molecule has 5 heteroatoms. The molecule has 1 fully saturated rings. The molecule has 0 unspecified atom stereocenters. The first-order chi connectivity index (χ1) is 7.43. The first-order valence-electron chi connectivity index (χ1n) is 5.76. The zero-order valence-electron chi connectivity index (χ0n) is 9.74. The van der Waals surface area contributed by atoms with Gasteiger partial charge in [-0.1, -0.05) is 0 Å². The van der Waals surface area contributed by atoms with Crippen molar-refractivity contribution >= 4 is 36.2 Å². The molecule has 1 aromatic rings. The molecule has 0 saturated carbocycles. The van der Waals surface area contributed by atoms with Crippen molar-refractivity contribution in [2.24, 2.45) is 0 Å². The molecule has 0 aliphatic carbocycles. The number of hydrogen-bond donors (Lipinski definition) is 2. The Bertz CT molecular complexity index is 365. The summed E-state index contributed by atoms with van der Waals surface area (Å²) >= 11 is 0. The minimum atomic E-state index is 0. The van der Waals surface area contributed by atoms with Crippen LogP contribution in [-0.4, -0.2) is 32.7 Å². The highest BCUT2D eigenvalue weighted by atomic mass is 35.5. The van der Waals surface area contributed by atoms with Crippen LogP contribution in [0.3, 0.4) is 0 Å². The van der Waals surface area contributed by atoms with Gasteiger partial charge in [0.15, 0.2) is 0 Å². The fraction of sp³-hybridized carbons (Fsp3) is 0.500. The van der Waals surface area contributed by atoms with E-state index in [0.29, 0.717) is 0 Å². The molecule has 17 heavy (non-hydrogen) atoms. The van der Waals surface area contributed by atoms with Gasteiger partial charge in [0.25, 0.3) is 0 Å². The molecule has 3 nitrogen and oxygen atoms in total. The van der Waals surface area contributed by atoms with E-state index in [1.807, 2.05) is 0 Å². The number of fused-ring (bicyclic) bond motifs is 1. The van der Waals surface area contributed by atoms with E-state index in [0.717, 1.165) is 32.7 Å². The highest BCUT2D eigenvalue weighted by molar-refractivity contribution is 5.85. The first-order valence-corrected chi connectivity index (χ1v) is 5.76. The molecule has 2 aliphatic rings. The van der Waals surface area contributed by atoms with Crippen LogP contribution >= 0.6 is 24.8 Å². The molecule has 2 N–H and O–H groups in total. The summed E-state index contributed by atoms with van der Waals surface area (Å²) in [6.45, 7) is 5.57. The molecule has 0 amide bonds. The SMILES string of the molecule is Cl.Cl.c1cc2c(cc1N1CCNCC1)CCN2. The molecule has 0 aromatic heterocycles. The lowest BCUT2D eigenvalue weighted by Crippen LogP contribution is -2.43. The molecular weight excluding hydrogens is 257 g/mol. The second-order valence-corrected chi connectivity index (χ2v) is 4.26. The van der Waals surface area contributed by atoms with Crippen LogP contribution in [-0.2, 0) is 6.42 Å². The lowest BCUT2D eigenvalue weighted by molar-refractivity contribution is 0.589. The highest BCUT2D eigenvalue weighted by Crippen LogP contribution is 2.27. The van der Waals surface area contributed by atoms with Gasteiger partial charge in [-0.3, -0.25) is 0 Å². The van der Waals surface area contributed by atoms with Gasteiger partial charge in [0.2, 0.25) is 0 Å². The standard InChI is InChI=1S/C12H17N3.2ClH/c1-2-12-10(3-4-14-12)9-11(1)15-7-5-13-6-8-15;;/h1-2,9,13-14H,3-8H2;2*1H. The molecule has 2 aliphatic heterocycles. The van der Waals surface area contributed by atoms with Crippen molar-refractivity contribution in [1.82, 2.24) is 5.32 Å². The lowest BCUT2D eigenvalue weighted by atomic mass is 10.1. The summed E-state index contributed by atoms with van der Waals surface area (Å²) in [5.41, 5.74) is 4.19. The Balaban J connectivity index is 0.000000722. The monoisotopic (exact) mass is 275 g/mol. The summed E-state index contributed by atoms with van der Waals surface area (Å²) in [5, 5.41) is 6.78. The number of nitrogens with zero attached hydrogens (tertiary/aromatic N) is 1. The van der Waals surface area contributed by atoms with Crippen LogP contribution in [0.1, 0.15) is 5.56 Å². The Kier molecular flexibility index (Phi) is 5.37. The van der Waals surface area contributed by atoms with Gasteiger partial charge in [-0.25, -0.2) is 0 Å². The third kappa shape index (κ3) is 2.97. The normalized spacial score (nSPS) is 17.5. The largest absolute Gasteiger partial charge is 0.384 e. The van der Waals surface area contributed by atoms with E-state index in [1.165, 1.54) is 23.4 Å². The molecule has 0 bridgehead atoms. The van der Waals surface area contributed by atoms with E-state index in [1.54, 1.807) is 0 Å². The van der Waals surface area contributed by atoms with Crippen LogP contribution in [0.15, 0.2) is 18.2 Å². The van der Waals surface area contributed by atoms with Crippen LogP contribution in [0.2, 0.25) is 0 Å². The van der Waals surface area contributed by atoms with Crippen LogP contribution < -0.4 is 15.5 Å². The van der Waals surface area contributed by atoms with Crippen LogP contribution in [0.5, 0.6) is 0 Å². The van der Waals surface area contributed by atoms with Crippen LogP contribution in [0.4, 0.5) is 11.4 Å². The number of piperazine rings is 1. The van der Waals surface area contributed by atoms with E-state index in [9.17, 15) is 0 Å². The summed E-state index contributed by atoms with van der Waals surface area (Å²) in [7, 11) is 0. The maximum Gasteiger partial charge on any atom is 0.0375 e. The van der Waals surface area contributed by atoms with Crippen molar-refractivity contribution in [2.75, 3.05) is 42.9 Å². The predicted octanol–water partition coefficient (Wildman–Crippen LogP) is 1.91. The molecule has 0 spiro atoms. The minimum absolute atomic E-state index is 0.